The molecule has 14 heteroatoms. The van der Waals surface area contributed by atoms with Crippen molar-refractivity contribution in [2.45, 2.75) is 89.1 Å². The third-order valence-electron chi connectivity index (χ3n) is 10.4. The van der Waals surface area contributed by atoms with Crippen LogP contribution in [0.1, 0.15) is 38.7 Å². The predicted molar refractivity (Wildman–Crippen MR) is 157 cm³/mol. The molecule has 1 saturated heterocycles. The first-order valence-corrected chi connectivity index (χ1v) is 16.0. The highest BCUT2D eigenvalue weighted by Crippen LogP contribution is 2.49. The molecule has 14 atom stereocenters. The molecule has 3 heterocycles. The van der Waals surface area contributed by atoms with Gasteiger partial charge in [0.05, 0.1) is 30.3 Å². The van der Waals surface area contributed by atoms with Gasteiger partial charge in [-0.2, -0.15) is 0 Å². The van der Waals surface area contributed by atoms with Crippen molar-refractivity contribution >= 4 is 11.9 Å². The van der Waals surface area contributed by atoms with Gasteiger partial charge in [0.25, 0.3) is 0 Å². The maximum atomic E-state index is 13.3. The minimum atomic E-state index is -1.57. The summed E-state index contributed by atoms with van der Waals surface area (Å²) in [4.78, 5) is 26.5. The van der Waals surface area contributed by atoms with Crippen LogP contribution in [0.3, 0.4) is 0 Å². The number of esters is 2. The van der Waals surface area contributed by atoms with Gasteiger partial charge in [0.2, 0.25) is 6.29 Å². The van der Waals surface area contributed by atoms with Gasteiger partial charge in [0.15, 0.2) is 12.6 Å². The van der Waals surface area contributed by atoms with Crippen molar-refractivity contribution in [2.75, 3.05) is 6.61 Å². The van der Waals surface area contributed by atoms with E-state index in [1.807, 2.05) is 13.8 Å². The number of carbonyl (C=O) groups excluding carboxylic acids is 2. The maximum absolute atomic E-state index is 13.3. The van der Waals surface area contributed by atoms with Crippen molar-refractivity contribution in [1.82, 2.24) is 0 Å². The quantitative estimate of drug-likeness (QED) is 0.206. The third kappa shape index (κ3) is 6.47. The zero-order chi connectivity index (χ0) is 33.6. The van der Waals surface area contributed by atoms with E-state index < -0.39 is 79.8 Å². The molecule has 0 amide bonds. The van der Waals surface area contributed by atoms with Gasteiger partial charge >= 0.3 is 11.9 Å². The fourth-order valence-electron chi connectivity index (χ4n) is 7.69. The van der Waals surface area contributed by atoms with E-state index in [0.717, 1.165) is 12.8 Å². The molecule has 5 aliphatic rings. The molecular weight excluding hydrogens is 620 g/mol. The molecule has 47 heavy (non-hydrogen) atoms. The van der Waals surface area contributed by atoms with Gasteiger partial charge in [-0.15, -0.1) is 0 Å². The van der Waals surface area contributed by atoms with E-state index in [9.17, 15) is 40.2 Å². The van der Waals surface area contributed by atoms with Gasteiger partial charge in [0, 0.05) is 29.6 Å². The molecule has 0 radical (unpaired) electrons. The summed E-state index contributed by atoms with van der Waals surface area (Å²) in [6, 6.07) is 6.33. The van der Waals surface area contributed by atoms with Crippen LogP contribution in [0.5, 0.6) is 5.75 Å². The van der Waals surface area contributed by atoms with Crippen LogP contribution in [0.2, 0.25) is 0 Å². The third-order valence-corrected chi connectivity index (χ3v) is 10.4. The fraction of sp³-hybridized carbons (Fsp3) is 0.636. The SMILES string of the molecule is C[C@@H]1[C@H]2[C@H](O)OC=C(C(=O)OCc3ccc(O[C@@H]4O[C@H](CO)[C@@H](O)[C@H](O)[C@H]4O)cc3)[C@H]2C[C@@H]1OC(=O)C1=CO[C@@H](O)[C@H]2[C@@H]1CC[C@@H]2C. The van der Waals surface area contributed by atoms with Crippen LogP contribution in [0, 0.1) is 35.5 Å². The molecule has 2 saturated carbocycles. The van der Waals surface area contributed by atoms with Gasteiger partial charge in [-0.25, -0.2) is 9.59 Å². The average Bonchev–Trinajstić information content (AvgIpc) is 3.61. The predicted octanol–water partition coefficient (Wildman–Crippen LogP) is 0.220. The van der Waals surface area contributed by atoms with Crippen molar-refractivity contribution < 1.29 is 68.6 Å². The Kier molecular flexibility index (Phi) is 9.81. The van der Waals surface area contributed by atoms with Crippen molar-refractivity contribution in [3.8, 4) is 5.75 Å². The summed E-state index contributed by atoms with van der Waals surface area (Å²) >= 11 is 0. The highest BCUT2D eigenvalue weighted by Gasteiger charge is 2.53. The van der Waals surface area contributed by atoms with Gasteiger partial charge < -0.3 is 59.1 Å². The van der Waals surface area contributed by atoms with Crippen molar-refractivity contribution in [2.24, 2.45) is 35.5 Å². The topological polar surface area (TPSA) is 211 Å². The van der Waals surface area contributed by atoms with Crippen molar-refractivity contribution in [1.29, 1.82) is 0 Å². The Morgan fingerprint density at radius 1 is 0.830 bits per heavy atom. The Labute approximate surface area is 271 Å². The lowest BCUT2D eigenvalue weighted by atomic mass is 9.83. The molecule has 2 aliphatic carbocycles. The highest BCUT2D eigenvalue weighted by atomic mass is 16.7. The zero-order valence-corrected chi connectivity index (χ0v) is 26.0. The molecule has 3 aliphatic heterocycles. The first-order valence-electron chi connectivity index (χ1n) is 16.0. The number of hydrogen-bond donors (Lipinski definition) is 6. The number of ether oxygens (including phenoxy) is 6. The van der Waals surface area contributed by atoms with Gasteiger partial charge in [-0.1, -0.05) is 26.0 Å². The monoisotopic (exact) mass is 662 g/mol. The summed E-state index contributed by atoms with van der Waals surface area (Å²) in [7, 11) is 0. The molecule has 1 aromatic rings. The molecule has 0 aromatic heterocycles. The second kappa shape index (κ2) is 13.7. The van der Waals surface area contributed by atoms with E-state index >= 15 is 0 Å². The van der Waals surface area contributed by atoms with Crippen LogP contribution in [-0.2, 0) is 39.9 Å². The number of rotatable bonds is 8. The normalized spacial score (nSPS) is 40.9. The standard InChI is InChI=1S/C33H42O14/c1-14-3-8-18-20(12-43-31(40)24(14)18)30(39)46-22-9-19-21(13-44-32(41)25(19)15(22)2)29(38)42-11-16-4-6-17(7-5-16)45-33-28(37)27(36)26(35)23(10-34)47-33/h4-7,12-15,18-19,22-28,31-37,40-41H,3,8-11H2,1-2H3/t14-,15-,18+,19+,22-,23+,24+,25+,26+,27-,28+,31+,32+,33+/m0/s1. The number of hydrogen-bond acceptors (Lipinski definition) is 14. The van der Waals surface area contributed by atoms with Gasteiger partial charge in [-0.05, 0) is 42.9 Å². The largest absolute Gasteiger partial charge is 0.472 e. The van der Waals surface area contributed by atoms with Crippen LogP contribution in [-0.4, -0.2) is 98.6 Å². The Morgan fingerprint density at radius 2 is 1.49 bits per heavy atom. The average molecular weight is 663 g/mol. The summed E-state index contributed by atoms with van der Waals surface area (Å²) in [6.07, 6.45) is -5.44. The lowest BCUT2D eigenvalue weighted by Crippen LogP contribution is -2.60. The Hall–Kier alpha value is -3.24. The van der Waals surface area contributed by atoms with Crippen LogP contribution >= 0.6 is 0 Å². The minimum Gasteiger partial charge on any atom is -0.472 e. The van der Waals surface area contributed by atoms with Crippen molar-refractivity contribution in [3.05, 3.63) is 53.5 Å². The molecule has 14 nitrogen and oxygen atoms in total. The van der Waals surface area contributed by atoms with E-state index in [1.54, 1.807) is 24.3 Å². The number of aliphatic hydroxyl groups excluding tert-OH is 6. The van der Waals surface area contributed by atoms with Crippen LogP contribution in [0.4, 0.5) is 0 Å². The molecule has 0 bridgehead atoms. The van der Waals surface area contributed by atoms with Crippen LogP contribution in [0.15, 0.2) is 47.9 Å². The minimum absolute atomic E-state index is 0.106. The molecule has 3 fully saturated rings. The number of fused-ring (bicyclic) bond motifs is 2. The Bertz CT molecular complexity index is 1360. The summed E-state index contributed by atoms with van der Waals surface area (Å²) in [6.45, 7) is 3.18. The summed E-state index contributed by atoms with van der Waals surface area (Å²) in [5.41, 5.74) is 1.22. The van der Waals surface area contributed by atoms with E-state index in [1.165, 1.54) is 12.5 Å². The van der Waals surface area contributed by atoms with E-state index in [4.69, 9.17) is 28.4 Å². The van der Waals surface area contributed by atoms with Gasteiger partial charge in [-0.3, -0.25) is 0 Å². The zero-order valence-electron chi connectivity index (χ0n) is 26.0. The molecule has 6 N–H and O–H groups in total. The second-order valence-corrected chi connectivity index (χ2v) is 13.2. The summed E-state index contributed by atoms with van der Waals surface area (Å²) in [5.74, 6) is -2.39. The summed E-state index contributed by atoms with van der Waals surface area (Å²) < 4.78 is 33.3. The Balaban J connectivity index is 1.05. The number of carbonyl (C=O) groups is 2. The molecule has 1 aromatic carbocycles. The summed E-state index contributed by atoms with van der Waals surface area (Å²) in [5, 5.41) is 60.5. The lowest BCUT2D eigenvalue weighted by Gasteiger charge is -2.39. The number of benzene rings is 1. The van der Waals surface area contributed by atoms with Gasteiger partial charge in [0.1, 0.15) is 42.9 Å². The van der Waals surface area contributed by atoms with E-state index in [2.05, 4.69) is 0 Å². The van der Waals surface area contributed by atoms with Crippen LogP contribution in [0.25, 0.3) is 0 Å². The lowest BCUT2D eigenvalue weighted by molar-refractivity contribution is -0.277. The highest BCUT2D eigenvalue weighted by molar-refractivity contribution is 5.90. The van der Waals surface area contributed by atoms with Crippen LogP contribution < -0.4 is 4.74 Å². The van der Waals surface area contributed by atoms with E-state index in [0.29, 0.717) is 11.1 Å². The fourth-order valence-corrected chi connectivity index (χ4v) is 7.69. The van der Waals surface area contributed by atoms with E-state index in [-0.39, 0.29) is 48.0 Å². The molecular formula is C33H42O14. The first kappa shape index (κ1) is 33.7. The van der Waals surface area contributed by atoms with Crippen molar-refractivity contribution in [3.63, 3.8) is 0 Å². The molecule has 6 rings (SSSR count). The molecule has 0 unspecified atom stereocenters. The smallest absolute Gasteiger partial charge is 0.337 e. The molecule has 0 spiro atoms. The number of aliphatic hydroxyl groups is 6. The Morgan fingerprint density at radius 3 is 2.17 bits per heavy atom. The molecule has 258 valence electrons. The first-order chi connectivity index (χ1) is 22.5. The second-order valence-electron chi connectivity index (χ2n) is 13.2. The maximum Gasteiger partial charge on any atom is 0.337 e.